The Morgan fingerprint density at radius 2 is 2.53 bits per heavy atom. The molecule has 1 atom stereocenters. The maximum atomic E-state index is 11.6. The van der Waals surface area contributed by atoms with Gasteiger partial charge in [-0.25, -0.2) is 4.98 Å². The summed E-state index contributed by atoms with van der Waals surface area (Å²) in [5, 5.41) is 14.9. The number of likely N-dealkylation sites (N-methyl/N-ethyl adjacent to an activating group) is 1. The van der Waals surface area contributed by atoms with Gasteiger partial charge in [-0.2, -0.15) is 0 Å². The summed E-state index contributed by atoms with van der Waals surface area (Å²) in [7, 11) is 1.84. The van der Waals surface area contributed by atoms with Gasteiger partial charge in [-0.1, -0.05) is 0 Å². The Kier molecular flexibility index (Phi) is 4.09. The molecule has 5 nitrogen and oxygen atoms in total. The van der Waals surface area contributed by atoms with Crippen LogP contribution in [0, 0.1) is 5.92 Å². The second-order valence-electron chi connectivity index (χ2n) is 4.49. The Labute approximate surface area is 104 Å². The Balaban J connectivity index is 1.70. The van der Waals surface area contributed by atoms with Crippen LogP contribution in [0.5, 0.6) is 0 Å². The number of carbonyl (C=O) groups is 1. The number of aromatic nitrogens is 1. The lowest BCUT2D eigenvalue weighted by Crippen LogP contribution is -2.36. The van der Waals surface area contributed by atoms with E-state index in [9.17, 15) is 9.90 Å². The summed E-state index contributed by atoms with van der Waals surface area (Å²) < 4.78 is 0. The molecule has 1 saturated carbocycles. The Bertz CT molecular complexity index is 365. The molecule has 17 heavy (non-hydrogen) atoms. The Morgan fingerprint density at radius 1 is 1.76 bits per heavy atom. The van der Waals surface area contributed by atoms with Crippen molar-refractivity contribution < 1.29 is 9.90 Å². The minimum absolute atomic E-state index is 0.0922. The fraction of sp³-hybridized carbons (Fsp3) is 0.636. The standard InChI is InChI=1S/C11H17N3O2S/c1-14(6-9(15)8-2-3-8)7-10(16)13-11-12-4-5-17-11/h4-5,8-9,15H,2-3,6-7H2,1H3,(H,12,13,16). The molecule has 1 aromatic rings. The van der Waals surface area contributed by atoms with Gasteiger partial charge in [-0.15, -0.1) is 11.3 Å². The lowest BCUT2D eigenvalue weighted by Gasteiger charge is -2.19. The van der Waals surface area contributed by atoms with Gasteiger partial charge in [0.25, 0.3) is 0 Å². The smallest absolute Gasteiger partial charge is 0.240 e. The van der Waals surface area contributed by atoms with Crippen LogP contribution in [-0.4, -0.2) is 47.1 Å². The maximum absolute atomic E-state index is 11.6. The van der Waals surface area contributed by atoms with Crippen LogP contribution in [0.25, 0.3) is 0 Å². The maximum Gasteiger partial charge on any atom is 0.240 e. The third-order valence-electron chi connectivity index (χ3n) is 2.76. The minimum atomic E-state index is -0.298. The molecule has 1 unspecified atom stereocenters. The number of hydrogen-bond donors (Lipinski definition) is 2. The van der Waals surface area contributed by atoms with E-state index in [0.29, 0.717) is 17.6 Å². The van der Waals surface area contributed by atoms with Crippen LogP contribution in [-0.2, 0) is 4.79 Å². The molecule has 2 rings (SSSR count). The zero-order valence-electron chi connectivity index (χ0n) is 9.80. The number of rotatable bonds is 6. The number of nitrogens with one attached hydrogen (secondary N) is 1. The molecule has 1 heterocycles. The Morgan fingerprint density at radius 3 is 3.12 bits per heavy atom. The molecule has 6 heteroatoms. The summed E-state index contributed by atoms with van der Waals surface area (Å²) in [6.07, 6.45) is 3.58. The highest BCUT2D eigenvalue weighted by molar-refractivity contribution is 7.13. The van der Waals surface area contributed by atoms with Gasteiger partial charge in [0, 0.05) is 18.1 Å². The molecule has 94 valence electrons. The molecule has 1 amide bonds. The van der Waals surface area contributed by atoms with E-state index in [2.05, 4.69) is 10.3 Å². The number of amides is 1. The van der Waals surface area contributed by atoms with Gasteiger partial charge >= 0.3 is 0 Å². The largest absolute Gasteiger partial charge is 0.392 e. The van der Waals surface area contributed by atoms with Crippen LogP contribution in [0.1, 0.15) is 12.8 Å². The van der Waals surface area contributed by atoms with Gasteiger partial charge < -0.3 is 10.4 Å². The predicted octanol–water partition coefficient (Wildman–Crippen LogP) is 0.784. The fourth-order valence-electron chi connectivity index (χ4n) is 1.70. The molecule has 0 spiro atoms. The van der Waals surface area contributed by atoms with Gasteiger partial charge in [0.05, 0.1) is 12.6 Å². The first-order valence-corrected chi connectivity index (χ1v) is 6.59. The lowest BCUT2D eigenvalue weighted by atomic mass is 10.2. The predicted molar refractivity (Wildman–Crippen MR) is 67.0 cm³/mol. The van der Waals surface area contributed by atoms with Crippen LogP contribution in [0.3, 0.4) is 0 Å². The molecule has 0 radical (unpaired) electrons. The highest BCUT2D eigenvalue weighted by Gasteiger charge is 2.30. The minimum Gasteiger partial charge on any atom is -0.392 e. The van der Waals surface area contributed by atoms with Crippen LogP contribution in [0.15, 0.2) is 11.6 Å². The molecule has 1 aromatic heterocycles. The van der Waals surface area contributed by atoms with Crippen LogP contribution in [0.4, 0.5) is 5.13 Å². The van der Waals surface area contributed by atoms with E-state index in [1.54, 1.807) is 6.20 Å². The molecule has 0 aliphatic heterocycles. The first-order chi connectivity index (χ1) is 8.15. The van der Waals surface area contributed by atoms with E-state index in [0.717, 1.165) is 12.8 Å². The normalized spacial score (nSPS) is 17.1. The average molecular weight is 255 g/mol. The van der Waals surface area contributed by atoms with E-state index < -0.39 is 0 Å². The number of aliphatic hydroxyl groups excluding tert-OH is 1. The second-order valence-corrected chi connectivity index (χ2v) is 5.38. The third kappa shape index (κ3) is 4.07. The summed E-state index contributed by atoms with van der Waals surface area (Å²) >= 11 is 1.40. The summed E-state index contributed by atoms with van der Waals surface area (Å²) in [4.78, 5) is 17.4. The van der Waals surface area contributed by atoms with Crippen molar-refractivity contribution >= 4 is 22.4 Å². The van der Waals surface area contributed by atoms with Gasteiger partial charge in [0.2, 0.25) is 5.91 Å². The van der Waals surface area contributed by atoms with E-state index in [1.807, 2.05) is 17.3 Å². The molecule has 1 fully saturated rings. The monoisotopic (exact) mass is 255 g/mol. The number of thiazole rings is 1. The molecule has 1 aliphatic rings. The summed E-state index contributed by atoms with van der Waals surface area (Å²) in [5.74, 6) is 0.352. The fourth-order valence-corrected chi connectivity index (χ4v) is 2.25. The molecule has 0 saturated heterocycles. The summed E-state index contributed by atoms with van der Waals surface area (Å²) in [6, 6.07) is 0. The molecule has 2 N–H and O–H groups in total. The summed E-state index contributed by atoms with van der Waals surface area (Å²) in [5.41, 5.74) is 0. The Hall–Kier alpha value is -0.980. The highest BCUT2D eigenvalue weighted by Crippen LogP contribution is 2.32. The van der Waals surface area contributed by atoms with Crippen molar-refractivity contribution in [3.8, 4) is 0 Å². The second kappa shape index (κ2) is 5.57. The van der Waals surface area contributed by atoms with Crippen molar-refractivity contribution in [3.05, 3.63) is 11.6 Å². The first kappa shape index (κ1) is 12.5. The van der Waals surface area contributed by atoms with Crippen molar-refractivity contribution in [2.24, 2.45) is 5.92 Å². The quantitative estimate of drug-likeness (QED) is 0.788. The van der Waals surface area contributed by atoms with E-state index in [-0.39, 0.29) is 18.6 Å². The van der Waals surface area contributed by atoms with Crippen molar-refractivity contribution in [1.29, 1.82) is 0 Å². The highest BCUT2D eigenvalue weighted by atomic mass is 32.1. The SMILES string of the molecule is CN(CC(=O)Nc1nccs1)CC(O)C1CC1. The van der Waals surface area contributed by atoms with E-state index in [4.69, 9.17) is 0 Å². The molecular weight excluding hydrogens is 238 g/mol. The number of hydrogen-bond acceptors (Lipinski definition) is 5. The van der Waals surface area contributed by atoms with E-state index >= 15 is 0 Å². The van der Waals surface area contributed by atoms with Crippen molar-refractivity contribution in [2.75, 3.05) is 25.5 Å². The van der Waals surface area contributed by atoms with Crippen LogP contribution < -0.4 is 5.32 Å². The first-order valence-electron chi connectivity index (χ1n) is 5.71. The third-order valence-corrected chi connectivity index (χ3v) is 3.45. The van der Waals surface area contributed by atoms with Gasteiger partial charge in [-0.05, 0) is 25.8 Å². The lowest BCUT2D eigenvalue weighted by molar-refractivity contribution is -0.117. The molecule has 1 aliphatic carbocycles. The summed E-state index contributed by atoms with van der Waals surface area (Å²) in [6.45, 7) is 0.833. The van der Waals surface area contributed by atoms with Crippen LogP contribution in [0.2, 0.25) is 0 Å². The van der Waals surface area contributed by atoms with E-state index in [1.165, 1.54) is 11.3 Å². The van der Waals surface area contributed by atoms with Gasteiger partial charge in [0.1, 0.15) is 0 Å². The number of anilines is 1. The zero-order chi connectivity index (χ0) is 12.3. The zero-order valence-corrected chi connectivity index (χ0v) is 10.6. The molecular formula is C11H17N3O2S. The number of aliphatic hydroxyl groups is 1. The van der Waals surface area contributed by atoms with Crippen molar-refractivity contribution in [3.63, 3.8) is 0 Å². The van der Waals surface area contributed by atoms with Crippen molar-refractivity contribution in [2.45, 2.75) is 18.9 Å². The van der Waals surface area contributed by atoms with Gasteiger partial charge in [-0.3, -0.25) is 9.69 Å². The number of carbonyl (C=O) groups excluding carboxylic acids is 1. The van der Waals surface area contributed by atoms with Crippen molar-refractivity contribution in [1.82, 2.24) is 9.88 Å². The molecule has 0 bridgehead atoms. The topological polar surface area (TPSA) is 65.5 Å². The van der Waals surface area contributed by atoms with Gasteiger partial charge in [0.15, 0.2) is 5.13 Å². The number of nitrogens with zero attached hydrogens (tertiary/aromatic N) is 2. The van der Waals surface area contributed by atoms with Crippen LogP contribution >= 0.6 is 11.3 Å². The molecule has 0 aromatic carbocycles. The average Bonchev–Trinajstić information content (AvgIpc) is 2.99.